The van der Waals surface area contributed by atoms with E-state index < -0.39 is 0 Å². The van der Waals surface area contributed by atoms with E-state index in [1.165, 1.54) is 34.8 Å². The molecule has 0 amide bonds. The summed E-state index contributed by atoms with van der Waals surface area (Å²) in [6, 6.07) is 19.4. The largest absolute Gasteiger partial charge is 1.00 e. The molecule has 0 aliphatic heterocycles. The number of rotatable bonds is 14. The third-order valence-electron chi connectivity index (χ3n) is 8.17. The molecule has 0 bridgehead atoms. The van der Waals surface area contributed by atoms with Gasteiger partial charge < -0.3 is 58.2 Å². The average Bonchev–Trinajstić information content (AvgIpc) is 3.42. The van der Waals surface area contributed by atoms with Crippen LogP contribution in [0.25, 0.3) is 11.4 Å². The number of anilines is 2. The maximum Gasteiger partial charge on any atom is 1.00 e. The monoisotopic (exact) mass is 1010 g/mol. The van der Waals surface area contributed by atoms with Crippen LogP contribution in [0.15, 0.2) is 104 Å². The molecule has 0 saturated carbocycles. The molecule has 72 heavy (non-hydrogen) atoms. The number of nitriles is 1. The van der Waals surface area contributed by atoms with E-state index >= 15 is 0 Å². The smallest absolute Gasteiger partial charge is 0.857 e. The Labute approximate surface area is 442 Å². The number of benzene rings is 2. The first-order valence-corrected chi connectivity index (χ1v) is 20.4. The van der Waals surface area contributed by atoms with Crippen molar-refractivity contribution >= 4 is 29.2 Å². The van der Waals surface area contributed by atoms with E-state index in [4.69, 9.17) is 75.0 Å². The third-order valence-corrected chi connectivity index (χ3v) is 8.17. The molecule has 384 valence electrons. The summed E-state index contributed by atoms with van der Waals surface area (Å²) in [6.07, 6.45) is 11.1. The zero-order valence-electron chi connectivity index (χ0n) is 43.2. The predicted molar refractivity (Wildman–Crippen MR) is 265 cm³/mol. The SMILES string of the molecule is CO.COC(=N)c1ccncc1.COC(OC)N(C)C.COc1cc(Nc2ncnc(-c3ccncc3)n2)cc(OC)c1OC.COc1cc([NH+]=C(N)N)cc(OC)c1OC.C[O-].N#Cc1ccncc1.[Na+]. The van der Waals surface area contributed by atoms with Crippen molar-refractivity contribution in [1.82, 2.24) is 34.8 Å². The topological polar surface area (TPSA) is 333 Å². The van der Waals surface area contributed by atoms with Crippen LogP contribution in [0.3, 0.4) is 0 Å². The Morgan fingerprint density at radius 2 is 1.12 bits per heavy atom. The number of aliphatic hydroxyl groups excluding tert-OH is 1. The predicted octanol–water partition coefficient (Wildman–Crippen LogP) is -0.879. The Balaban J connectivity index is 0. The van der Waals surface area contributed by atoms with Crippen LogP contribution < -0.4 is 84.9 Å². The maximum absolute atomic E-state index is 8.26. The Bertz CT molecular complexity index is 2390. The Hall–Kier alpha value is -7.47. The van der Waals surface area contributed by atoms with Crippen molar-refractivity contribution in [1.29, 1.82) is 10.7 Å². The molecule has 8 N–H and O–H groups in total. The van der Waals surface area contributed by atoms with Crippen molar-refractivity contribution in [3.63, 3.8) is 0 Å². The van der Waals surface area contributed by atoms with E-state index in [0.717, 1.165) is 25.3 Å². The Morgan fingerprint density at radius 3 is 1.47 bits per heavy atom. The van der Waals surface area contributed by atoms with E-state index in [-0.39, 0.29) is 47.8 Å². The van der Waals surface area contributed by atoms with Crippen LogP contribution in [0.5, 0.6) is 34.5 Å². The fraction of sp³-hybridized carbons (Fsp3) is 0.298. The molecule has 0 aliphatic rings. The number of nitrogens with zero attached hydrogens (tertiary/aromatic N) is 8. The van der Waals surface area contributed by atoms with Gasteiger partial charge in [0.15, 0.2) is 28.8 Å². The quantitative estimate of drug-likeness (QED) is 0.0334. The van der Waals surface area contributed by atoms with Gasteiger partial charge in [0.05, 0.1) is 61.4 Å². The van der Waals surface area contributed by atoms with Gasteiger partial charge in [-0.05, 0) is 50.5 Å². The molecule has 24 nitrogen and oxygen atoms in total. The zero-order valence-corrected chi connectivity index (χ0v) is 45.2. The summed E-state index contributed by atoms with van der Waals surface area (Å²) in [4.78, 5) is 28.9. The molecular formula is C47H65N13NaO11+. The van der Waals surface area contributed by atoms with Crippen molar-refractivity contribution in [2.24, 2.45) is 11.5 Å². The van der Waals surface area contributed by atoms with Crippen LogP contribution in [0.4, 0.5) is 17.3 Å². The molecule has 0 aliphatic carbocycles. The second kappa shape index (κ2) is 40.3. The molecule has 2 aromatic carbocycles. The van der Waals surface area contributed by atoms with E-state index in [2.05, 4.69) is 40.2 Å². The van der Waals surface area contributed by atoms with Crippen molar-refractivity contribution in [3.8, 4) is 52.0 Å². The van der Waals surface area contributed by atoms with Crippen LogP contribution in [-0.4, -0.2) is 150 Å². The summed E-state index contributed by atoms with van der Waals surface area (Å²) in [7, 11) is 19.5. The van der Waals surface area contributed by atoms with Gasteiger partial charge in [0.25, 0.3) is 0 Å². The maximum atomic E-state index is 8.26. The number of aromatic nitrogens is 6. The molecule has 25 heteroatoms. The fourth-order valence-electron chi connectivity index (χ4n) is 5.16. The number of methoxy groups -OCH3 is 9. The number of aliphatic hydroxyl groups is 1. The van der Waals surface area contributed by atoms with E-state index in [1.807, 2.05) is 37.2 Å². The molecule has 0 atom stereocenters. The molecule has 4 aromatic heterocycles. The van der Waals surface area contributed by atoms with Gasteiger partial charge in [0.2, 0.25) is 29.8 Å². The normalized spacial score (nSPS) is 9.17. The van der Waals surface area contributed by atoms with Crippen molar-refractivity contribution in [2.75, 3.05) is 97.6 Å². The van der Waals surface area contributed by atoms with Crippen molar-refractivity contribution < 1.29 is 87.4 Å². The van der Waals surface area contributed by atoms with Gasteiger partial charge in [-0.3, -0.25) is 36.7 Å². The second-order valence-electron chi connectivity index (χ2n) is 12.8. The minimum absolute atomic E-state index is 0. The Kier molecular flexibility index (Phi) is 37.3. The standard InChI is InChI=1S/C17H17N5O3.C10H15N3O3.C7H8N2O.C6H4N2.C5H13NO2.CH4O.CH3O.Na/c1-23-13-8-12(9-14(24-2)15(13)25-3)21-17-20-10-19-16(22-17)11-4-6-18-7-5-11;1-14-7-4-6(13-10(11)12)5-8(15-2)9(7)16-3;1-10-7(8)6-2-4-9-5-3-6;7-5-6-1-3-8-4-2-6;1-6(2)5(7-3)8-4;2*1-2;/h4-10H,1-3H3,(H,19,20,21,22);4-5H,1-3H3,(H4,11,12,13);2-5,8H,1H3;1-4H;5H,1-4H3;2H,1H3;1H3;/q;;;;;;-1;+1/p+1. The van der Waals surface area contributed by atoms with Gasteiger partial charge >= 0.3 is 35.5 Å². The molecule has 6 aromatic rings. The van der Waals surface area contributed by atoms with Crippen molar-refractivity contribution in [2.45, 2.75) is 6.41 Å². The Morgan fingerprint density at radius 1 is 0.694 bits per heavy atom. The van der Waals surface area contributed by atoms with Crippen LogP contribution in [0.2, 0.25) is 0 Å². The summed E-state index contributed by atoms with van der Waals surface area (Å²) in [5, 5.41) is 33.9. The molecule has 0 saturated heterocycles. The summed E-state index contributed by atoms with van der Waals surface area (Å²) >= 11 is 0. The molecular weight excluding hydrogens is 946 g/mol. The molecule has 0 spiro atoms. The number of pyridine rings is 3. The van der Waals surface area contributed by atoms with E-state index in [0.29, 0.717) is 63.2 Å². The van der Waals surface area contributed by atoms with Gasteiger partial charge in [-0.1, -0.05) is 0 Å². The summed E-state index contributed by atoms with van der Waals surface area (Å²) in [6.45, 7) is 0. The van der Waals surface area contributed by atoms with E-state index in [1.54, 1.807) is 121 Å². The zero-order chi connectivity index (χ0) is 53.6. The molecule has 0 radical (unpaired) electrons. The van der Waals surface area contributed by atoms with Gasteiger partial charge in [0.1, 0.15) is 12.0 Å². The van der Waals surface area contributed by atoms with Crippen LogP contribution in [0.1, 0.15) is 11.1 Å². The third kappa shape index (κ3) is 24.4. The van der Waals surface area contributed by atoms with Crippen molar-refractivity contribution in [3.05, 3.63) is 115 Å². The van der Waals surface area contributed by atoms with Gasteiger partial charge in [-0.25, -0.2) is 15.0 Å². The van der Waals surface area contributed by atoms with Crippen LogP contribution in [-0.2, 0) is 14.2 Å². The van der Waals surface area contributed by atoms with Gasteiger partial charge in [-0.2, -0.15) is 17.4 Å². The second-order valence-corrected chi connectivity index (χ2v) is 12.8. The summed E-state index contributed by atoms with van der Waals surface area (Å²) < 4.78 is 45.9. The van der Waals surface area contributed by atoms with Crippen LogP contribution >= 0.6 is 0 Å². The number of guanidine groups is 1. The molecule has 0 unspecified atom stereocenters. The van der Waals surface area contributed by atoms with Gasteiger partial charge in [0, 0.05) is 99.6 Å². The number of hydrogen-bond donors (Lipinski definition) is 6. The van der Waals surface area contributed by atoms with Crippen LogP contribution in [0, 0.1) is 16.7 Å². The molecule has 0 fully saturated rings. The number of nitrogens with one attached hydrogen (secondary N) is 3. The first-order valence-electron chi connectivity index (χ1n) is 20.4. The summed E-state index contributed by atoms with van der Waals surface area (Å²) in [5.41, 5.74) is 14.3. The first-order chi connectivity index (χ1) is 34.4. The van der Waals surface area contributed by atoms with Gasteiger partial charge in [-0.15, -0.1) is 0 Å². The molecule has 6 rings (SSSR count). The number of ether oxygens (including phenoxy) is 9. The minimum Gasteiger partial charge on any atom is -0.857 e. The van der Waals surface area contributed by atoms with E-state index in [9.17, 15) is 0 Å². The first kappa shape index (κ1) is 66.6. The molecule has 4 heterocycles. The summed E-state index contributed by atoms with van der Waals surface area (Å²) in [5.74, 6) is 4.38. The fourth-order valence-corrected chi connectivity index (χ4v) is 5.16. The number of nitrogens with two attached hydrogens (primary N) is 2. The number of hydrogen-bond acceptors (Lipinski definition) is 21. The minimum atomic E-state index is -0.213. The average molecular weight is 1010 g/mol.